The van der Waals surface area contributed by atoms with Gasteiger partial charge in [0, 0.05) is 31.1 Å². The van der Waals surface area contributed by atoms with Gasteiger partial charge in [-0.1, -0.05) is 31.5 Å². The minimum Gasteiger partial charge on any atom is -0.328 e. The van der Waals surface area contributed by atoms with E-state index in [1.807, 2.05) is 11.0 Å². The number of hydrogen-bond donors (Lipinski definition) is 0. The second kappa shape index (κ2) is 7.18. The molecule has 0 aliphatic carbocycles. The van der Waals surface area contributed by atoms with E-state index in [0.29, 0.717) is 13.0 Å². The van der Waals surface area contributed by atoms with Crippen LogP contribution in [0.3, 0.4) is 0 Å². The summed E-state index contributed by atoms with van der Waals surface area (Å²) >= 11 is 0. The summed E-state index contributed by atoms with van der Waals surface area (Å²) in [6, 6.07) is 14.6. The molecule has 1 aliphatic heterocycles. The van der Waals surface area contributed by atoms with Crippen LogP contribution < -0.4 is 4.90 Å². The monoisotopic (exact) mass is 361 g/mol. The standard InChI is InChI=1S/C23H27N3O/c1-4-5-12-25-21-9-7-6-8-20(21)24-23(25)18-14-22(27)26(15-18)19-11-10-16(2)17(3)13-19/h6-11,13,18H,4-5,12,14-15H2,1-3H3. The first-order valence-electron chi connectivity index (χ1n) is 9.91. The summed E-state index contributed by atoms with van der Waals surface area (Å²) < 4.78 is 2.33. The van der Waals surface area contributed by atoms with Gasteiger partial charge in [0.25, 0.3) is 0 Å². The highest BCUT2D eigenvalue weighted by molar-refractivity contribution is 5.96. The van der Waals surface area contributed by atoms with E-state index < -0.39 is 0 Å². The molecule has 0 saturated carbocycles. The van der Waals surface area contributed by atoms with E-state index in [2.05, 4.69) is 61.7 Å². The summed E-state index contributed by atoms with van der Waals surface area (Å²) in [5, 5.41) is 0. The molecule has 4 rings (SSSR count). The molecular formula is C23H27N3O. The Balaban J connectivity index is 1.68. The number of anilines is 1. The van der Waals surface area contributed by atoms with Crippen LogP contribution in [0.4, 0.5) is 5.69 Å². The van der Waals surface area contributed by atoms with Crippen molar-refractivity contribution >= 4 is 22.6 Å². The fourth-order valence-electron chi connectivity index (χ4n) is 3.98. The fourth-order valence-corrected chi connectivity index (χ4v) is 3.98. The van der Waals surface area contributed by atoms with Gasteiger partial charge in [0.15, 0.2) is 0 Å². The minimum absolute atomic E-state index is 0.142. The molecule has 1 aromatic heterocycles. The van der Waals surface area contributed by atoms with Crippen molar-refractivity contribution < 1.29 is 4.79 Å². The zero-order valence-corrected chi connectivity index (χ0v) is 16.4. The first kappa shape index (κ1) is 17.8. The highest BCUT2D eigenvalue weighted by Crippen LogP contribution is 2.34. The lowest BCUT2D eigenvalue weighted by Gasteiger charge is -2.18. The largest absolute Gasteiger partial charge is 0.328 e. The zero-order valence-electron chi connectivity index (χ0n) is 16.4. The van der Waals surface area contributed by atoms with Crippen LogP contribution in [-0.4, -0.2) is 22.0 Å². The second-order valence-corrected chi connectivity index (χ2v) is 7.64. The van der Waals surface area contributed by atoms with Crippen molar-refractivity contribution in [2.24, 2.45) is 0 Å². The van der Waals surface area contributed by atoms with Gasteiger partial charge in [-0.15, -0.1) is 0 Å². The van der Waals surface area contributed by atoms with Gasteiger partial charge in [-0.2, -0.15) is 0 Å². The predicted molar refractivity (Wildman–Crippen MR) is 110 cm³/mol. The first-order chi connectivity index (χ1) is 13.1. The lowest BCUT2D eigenvalue weighted by molar-refractivity contribution is -0.117. The van der Waals surface area contributed by atoms with Gasteiger partial charge in [0.2, 0.25) is 5.91 Å². The molecule has 1 saturated heterocycles. The number of amides is 1. The van der Waals surface area contributed by atoms with Crippen LogP contribution in [0.15, 0.2) is 42.5 Å². The summed E-state index contributed by atoms with van der Waals surface area (Å²) in [5.74, 6) is 1.39. The summed E-state index contributed by atoms with van der Waals surface area (Å²) in [4.78, 5) is 19.6. The van der Waals surface area contributed by atoms with Crippen molar-refractivity contribution in [2.75, 3.05) is 11.4 Å². The SMILES string of the molecule is CCCCn1c(C2CC(=O)N(c3ccc(C)c(C)c3)C2)nc2ccccc21. The molecule has 1 fully saturated rings. The molecule has 0 spiro atoms. The average molecular weight is 361 g/mol. The maximum absolute atomic E-state index is 12.8. The Morgan fingerprint density at radius 3 is 2.70 bits per heavy atom. The van der Waals surface area contributed by atoms with Crippen molar-refractivity contribution in [1.82, 2.24) is 9.55 Å². The van der Waals surface area contributed by atoms with E-state index in [-0.39, 0.29) is 11.8 Å². The fraction of sp³-hybridized carbons (Fsp3) is 0.391. The van der Waals surface area contributed by atoms with Gasteiger partial charge in [-0.25, -0.2) is 4.98 Å². The van der Waals surface area contributed by atoms with Crippen LogP contribution in [0, 0.1) is 13.8 Å². The van der Waals surface area contributed by atoms with E-state index in [1.54, 1.807) is 0 Å². The Kier molecular flexibility index (Phi) is 4.73. The highest BCUT2D eigenvalue weighted by Gasteiger charge is 2.34. The number of benzene rings is 2. The molecule has 1 unspecified atom stereocenters. The van der Waals surface area contributed by atoms with Crippen molar-refractivity contribution in [1.29, 1.82) is 0 Å². The number of imidazole rings is 1. The molecule has 1 amide bonds. The first-order valence-corrected chi connectivity index (χ1v) is 9.91. The van der Waals surface area contributed by atoms with Crippen LogP contribution >= 0.6 is 0 Å². The molecule has 3 aromatic rings. The minimum atomic E-state index is 0.142. The maximum Gasteiger partial charge on any atom is 0.227 e. The van der Waals surface area contributed by atoms with E-state index in [9.17, 15) is 4.79 Å². The number of carbonyl (C=O) groups is 1. The number of hydrogen-bond acceptors (Lipinski definition) is 2. The molecule has 2 heterocycles. The van der Waals surface area contributed by atoms with Crippen LogP contribution in [0.2, 0.25) is 0 Å². The molecule has 1 atom stereocenters. The molecular weight excluding hydrogens is 334 g/mol. The van der Waals surface area contributed by atoms with E-state index in [4.69, 9.17) is 4.98 Å². The number of carbonyl (C=O) groups excluding carboxylic acids is 1. The normalized spacial score (nSPS) is 17.2. The third-order valence-corrected chi connectivity index (χ3v) is 5.71. The van der Waals surface area contributed by atoms with Gasteiger partial charge >= 0.3 is 0 Å². The van der Waals surface area contributed by atoms with Gasteiger partial charge in [0.05, 0.1) is 11.0 Å². The molecule has 0 radical (unpaired) electrons. The summed E-state index contributed by atoms with van der Waals surface area (Å²) in [7, 11) is 0. The number of rotatable bonds is 5. The lowest BCUT2D eigenvalue weighted by atomic mass is 10.1. The molecule has 2 aromatic carbocycles. The van der Waals surface area contributed by atoms with Crippen LogP contribution in [0.1, 0.15) is 49.1 Å². The summed E-state index contributed by atoms with van der Waals surface area (Å²) in [5.41, 5.74) is 5.68. The number of unbranched alkanes of at least 4 members (excludes halogenated alkanes) is 1. The third kappa shape index (κ3) is 3.25. The number of nitrogens with zero attached hydrogens (tertiary/aromatic N) is 3. The van der Waals surface area contributed by atoms with E-state index >= 15 is 0 Å². The topological polar surface area (TPSA) is 38.1 Å². The maximum atomic E-state index is 12.8. The lowest BCUT2D eigenvalue weighted by Crippen LogP contribution is -2.24. The Hall–Kier alpha value is -2.62. The highest BCUT2D eigenvalue weighted by atomic mass is 16.2. The van der Waals surface area contributed by atoms with Crippen molar-refractivity contribution in [3.05, 3.63) is 59.4 Å². The van der Waals surface area contributed by atoms with Crippen LogP contribution in [0.25, 0.3) is 11.0 Å². The predicted octanol–water partition coefficient (Wildman–Crippen LogP) is 4.97. The number of aromatic nitrogens is 2. The van der Waals surface area contributed by atoms with Crippen molar-refractivity contribution in [3.8, 4) is 0 Å². The van der Waals surface area contributed by atoms with E-state index in [0.717, 1.165) is 36.4 Å². The molecule has 0 bridgehead atoms. The Morgan fingerprint density at radius 2 is 1.93 bits per heavy atom. The Bertz CT molecular complexity index is 988. The molecule has 4 heteroatoms. The zero-order chi connectivity index (χ0) is 19.0. The summed E-state index contributed by atoms with van der Waals surface area (Å²) in [6.45, 7) is 8.07. The molecule has 4 nitrogen and oxygen atoms in total. The number of fused-ring (bicyclic) bond motifs is 1. The Morgan fingerprint density at radius 1 is 1.11 bits per heavy atom. The number of para-hydroxylation sites is 2. The smallest absolute Gasteiger partial charge is 0.227 e. The van der Waals surface area contributed by atoms with Gasteiger partial charge < -0.3 is 9.47 Å². The summed E-state index contributed by atoms with van der Waals surface area (Å²) in [6.07, 6.45) is 2.79. The molecule has 140 valence electrons. The van der Waals surface area contributed by atoms with Crippen molar-refractivity contribution in [2.45, 2.75) is 52.5 Å². The van der Waals surface area contributed by atoms with Gasteiger partial charge in [-0.3, -0.25) is 4.79 Å². The average Bonchev–Trinajstić information content (AvgIpc) is 3.23. The second-order valence-electron chi connectivity index (χ2n) is 7.64. The number of aryl methyl sites for hydroxylation is 3. The van der Waals surface area contributed by atoms with Gasteiger partial charge in [0.1, 0.15) is 5.82 Å². The molecule has 0 N–H and O–H groups in total. The Labute approximate surface area is 160 Å². The van der Waals surface area contributed by atoms with Crippen LogP contribution in [-0.2, 0) is 11.3 Å². The van der Waals surface area contributed by atoms with E-state index in [1.165, 1.54) is 16.6 Å². The van der Waals surface area contributed by atoms with Crippen LogP contribution in [0.5, 0.6) is 0 Å². The third-order valence-electron chi connectivity index (χ3n) is 5.71. The van der Waals surface area contributed by atoms with Crippen molar-refractivity contribution in [3.63, 3.8) is 0 Å². The van der Waals surface area contributed by atoms with Gasteiger partial charge in [-0.05, 0) is 55.7 Å². The molecule has 1 aliphatic rings. The quantitative estimate of drug-likeness (QED) is 0.643. The molecule has 27 heavy (non-hydrogen) atoms.